The number of benzene rings is 2. The summed E-state index contributed by atoms with van der Waals surface area (Å²) >= 11 is 1.32. The van der Waals surface area contributed by atoms with Crippen molar-refractivity contribution in [2.24, 2.45) is 0 Å². The van der Waals surface area contributed by atoms with Gasteiger partial charge in [0.25, 0.3) is 11.5 Å². The number of rotatable bonds is 6. The number of esters is 1. The number of hydrogen-bond acceptors (Lipinski definition) is 7. The van der Waals surface area contributed by atoms with Crippen LogP contribution >= 0.6 is 11.3 Å². The van der Waals surface area contributed by atoms with E-state index in [1.54, 1.807) is 36.4 Å². The minimum atomic E-state index is -0.634. The summed E-state index contributed by atoms with van der Waals surface area (Å²) in [5, 5.41) is 7.74. The van der Waals surface area contributed by atoms with Crippen LogP contribution in [0.25, 0.3) is 4.96 Å². The number of nitrogens with one attached hydrogen (secondary N) is 1. The summed E-state index contributed by atoms with van der Waals surface area (Å²) < 4.78 is 6.62. The molecule has 162 valence electrons. The Hall–Kier alpha value is -3.85. The van der Waals surface area contributed by atoms with Crippen LogP contribution < -0.4 is 10.9 Å². The molecule has 9 heteroatoms. The minimum absolute atomic E-state index is 0.176. The first-order valence-corrected chi connectivity index (χ1v) is 10.8. The van der Waals surface area contributed by atoms with Crippen molar-refractivity contribution in [3.63, 3.8) is 0 Å². The Balaban J connectivity index is 1.49. The molecule has 0 bridgehead atoms. The fraction of sp³-hybridized carbons (Fsp3) is 0.174. The van der Waals surface area contributed by atoms with E-state index in [0.29, 0.717) is 28.3 Å². The molecule has 0 aliphatic rings. The first kappa shape index (κ1) is 21.4. The van der Waals surface area contributed by atoms with E-state index in [4.69, 9.17) is 4.74 Å². The fourth-order valence-electron chi connectivity index (χ4n) is 3.00. The number of aryl methyl sites for hydroxylation is 2. The van der Waals surface area contributed by atoms with E-state index in [0.717, 1.165) is 10.6 Å². The van der Waals surface area contributed by atoms with E-state index in [1.165, 1.54) is 21.9 Å². The summed E-state index contributed by atoms with van der Waals surface area (Å²) in [5.41, 5.74) is 2.06. The van der Waals surface area contributed by atoms with E-state index >= 15 is 0 Å². The number of carbonyl (C=O) groups excluding carboxylic acids is 2. The average molecular weight is 449 g/mol. The van der Waals surface area contributed by atoms with Crippen LogP contribution in [0.15, 0.2) is 59.4 Å². The number of aromatic nitrogens is 3. The van der Waals surface area contributed by atoms with Gasteiger partial charge in [-0.1, -0.05) is 48.1 Å². The number of anilines is 1. The second kappa shape index (κ2) is 9.11. The molecule has 0 fully saturated rings. The van der Waals surface area contributed by atoms with Crippen LogP contribution in [0.2, 0.25) is 0 Å². The Morgan fingerprint density at radius 1 is 1.12 bits per heavy atom. The largest absolute Gasteiger partial charge is 0.456 e. The highest BCUT2D eigenvalue weighted by Crippen LogP contribution is 2.19. The number of fused-ring (bicyclic) bond motifs is 1. The van der Waals surface area contributed by atoms with E-state index in [9.17, 15) is 14.4 Å². The lowest BCUT2D eigenvalue weighted by molar-refractivity contribution is 0.0469. The van der Waals surface area contributed by atoms with Gasteiger partial charge in [0.1, 0.15) is 11.6 Å². The molecule has 4 aromatic rings. The Bertz CT molecular complexity index is 1360. The van der Waals surface area contributed by atoms with E-state index in [-0.39, 0.29) is 23.6 Å². The van der Waals surface area contributed by atoms with Gasteiger partial charge in [-0.3, -0.25) is 9.59 Å². The van der Waals surface area contributed by atoms with Gasteiger partial charge in [0, 0.05) is 11.6 Å². The summed E-state index contributed by atoms with van der Waals surface area (Å²) in [4.78, 5) is 42.3. The summed E-state index contributed by atoms with van der Waals surface area (Å²) in [6.07, 6.45) is 0.697. The zero-order chi connectivity index (χ0) is 22.7. The van der Waals surface area contributed by atoms with Crippen molar-refractivity contribution < 1.29 is 14.3 Å². The van der Waals surface area contributed by atoms with Crippen LogP contribution in [-0.2, 0) is 17.8 Å². The van der Waals surface area contributed by atoms with Gasteiger partial charge in [0.2, 0.25) is 4.96 Å². The molecule has 0 saturated carbocycles. The van der Waals surface area contributed by atoms with Crippen molar-refractivity contribution in [1.29, 1.82) is 0 Å². The maximum Gasteiger partial charge on any atom is 0.340 e. The molecule has 0 unspecified atom stereocenters. The summed E-state index contributed by atoms with van der Waals surface area (Å²) in [6, 6.07) is 15.0. The molecule has 0 aliphatic heterocycles. The van der Waals surface area contributed by atoms with Gasteiger partial charge in [-0.2, -0.15) is 9.61 Å². The molecule has 8 nitrogen and oxygen atoms in total. The van der Waals surface area contributed by atoms with Crippen molar-refractivity contribution in [3.8, 4) is 0 Å². The second-order valence-electron chi connectivity index (χ2n) is 7.07. The molecular weight excluding hydrogens is 428 g/mol. The molecule has 1 amide bonds. The van der Waals surface area contributed by atoms with Gasteiger partial charge < -0.3 is 10.1 Å². The zero-order valence-electron chi connectivity index (χ0n) is 17.5. The van der Waals surface area contributed by atoms with E-state index in [2.05, 4.69) is 15.4 Å². The SMILES string of the molecule is CCc1nn2c(=O)cc(COC(=O)c3ccccc3NC(=O)c3ccc(C)cc3)nc2s1. The van der Waals surface area contributed by atoms with Crippen molar-refractivity contribution in [1.82, 2.24) is 14.6 Å². The smallest absolute Gasteiger partial charge is 0.340 e. The van der Waals surface area contributed by atoms with Crippen molar-refractivity contribution in [3.05, 3.63) is 92.3 Å². The number of amides is 1. The highest BCUT2D eigenvalue weighted by atomic mass is 32.1. The Labute approximate surface area is 187 Å². The normalized spacial score (nSPS) is 10.8. The Kier molecular flexibility index (Phi) is 6.09. The standard InChI is InChI=1S/C23H20N4O4S/c1-3-19-26-27-20(28)12-16(24-23(27)32-19)13-31-22(30)17-6-4-5-7-18(17)25-21(29)15-10-8-14(2)9-11-15/h4-12H,3,13H2,1-2H3,(H,25,29). The fourth-order valence-corrected chi connectivity index (χ4v) is 3.86. The topological polar surface area (TPSA) is 103 Å². The van der Waals surface area contributed by atoms with Crippen LogP contribution in [0.1, 0.15) is 43.9 Å². The summed E-state index contributed by atoms with van der Waals surface area (Å²) in [5.74, 6) is -0.965. The molecule has 1 N–H and O–H groups in total. The molecule has 0 aliphatic carbocycles. The molecule has 0 radical (unpaired) electrons. The van der Waals surface area contributed by atoms with Gasteiger partial charge in [0.15, 0.2) is 0 Å². The van der Waals surface area contributed by atoms with Gasteiger partial charge in [-0.05, 0) is 37.6 Å². The monoisotopic (exact) mass is 448 g/mol. The Morgan fingerprint density at radius 2 is 1.88 bits per heavy atom. The summed E-state index contributed by atoms with van der Waals surface area (Å²) in [6.45, 7) is 3.70. The number of carbonyl (C=O) groups is 2. The lowest BCUT2D eigenvalue weighted by Gasteiger charge is -2.11. The third kappa shape index (κ3) is 4.57. The number of ether oxygens (including phenoxy) is 1. The van der Waals surface area contributed by atoms with E-state index in [1.807, 2.05) is 26.0 Å². The van der Waals surface area contributed by atoms with E-state index < -0.39 is 5.97 Å². The third-order valence-electron chi connectivity index (χ3n) is 4.70. The molecule has 32 heavy (non-hydrogen) atoms. The lowest BCUT2D eigenvalue weighted by atomic mass is 10.1. The molecule has 2 aromatic carbocycles. The molecule has 2 aromatic heterocycles. The van der Waals surface area contributed by atoms with Gasteiger partial charge in [-0.25, -0.2) is 9.78 Å². The van der Waals surface area contributed by atoms with Crippen molar-refractivity contribution >= 4 is 33.9 Å². The highest BCUT2D eigenvalue weighted by molar-refractivity contribution is 7.16. The zero-order valence-corrected chi connectivity index (χ0v) is 18.3. The first-order chi connectivity index (χ1) is 15.4. The average Bonchev–Trinajstić information content (AvgIpc) is 3.22. The van der Waals surface area contributed by atoms with Crippen LogP contribution in [0.4, 0.5) is 5.69 Å². The van der Waals surface area contributed by atoms with Crippen LogP contribution in [-0.4, -0.2) is 26.5 Å². The molecular formula is C23H20N4O4S. The quantitative estimate of drug-likeness (QED) is 0.452. The van der Waals surface area contributed by atoms with Crippen molar-refractivity contribution in [2.45, 2.75) is 26.9 Å². The van der Waals surface area contributed by atoms with Crippen molar-refractivity contribution in [2.75, 3.05) is 5.32 Å². The lowest BCUT2D eigenvalue weighted by Crippen LogP contribution is -2.18. The third-order valence-corrected chi connectivity index (χ3v) is 5.76. The predicted octanol–water partition coefficient (Wildman–Crippen LogP) is 3.63. The molecule has 0 saturated heterocycles. The van der Waals surface area contributed by atoms with Crippen LogP contribution in [0.5, 0.6) is 0 Å². The van der Waals surface area contributed by atoms with Gasteiger partial charge in [-0.15, -0.1) is 0 Å². The number of hydrogen-bond donors (Lipinski definition) is 1. The van der Waals surface area contributed by atoms with Crippen LogP contribution in [0.3, 0.4) is 0 Å². The highest BCUT2D eigenvalue weighted by Gasteiger charge is 2.16. The number of para-hydroxylation sites is 1. The summed E-state index contributed by atoms with van der Waals surface area (Å²) in [7, 11) is 0. The molecule has 0 spiro atoms. The van der Waals surface area contributed by atoms with Gasteiger partial charge >= 0.3 is 5.97 Å². The minimum Gasteiger partial charge on any atom is -0.456 e. The first-order valence-electron chi connectivity index (χ1n) is 9.97. The van der Waals surface area contributed by atoms with Crippen LogP contribution in [0, 0.1) is 6.92 Å². The van der Waals surface area contributed by atoms with Gasteiger partial charge in [0.05, 0.1) is 16.9 Å². The molecule has 4 rings (SSSR count). The Morgan fingerprint density at radius 3 is 2.62 bits per heavy atom. The molecule has 0 atom stereocenters. The maximum absolute atomic E-state index is 12.7. The maximum atomic E-state index is 12.7. The predicted molar refractivity (Wildman–Crippen MR) is 121 cm³/mol. The second-order valence-corrected chi connectivity index (χ2v) is 8.11. The number of nitrogens with zero attached hydrogens (tertiary/aromatic N) is 3. The molecule has 2 heterocycles.